The zero-order valence-electron chi connectivity index (χ0n) is 9.73. The van der Waals surface area contributed by atoms with Gasteiger partial charge in [-0.2, -0.15) is 0 Å². The van der Waals surface area contributed by atoms with Gasteiger partial charge >= 0.3 is 0 Å². The highest BCUT2D eigenvalue weighted by Gasteiger charge is 2.15. The maximum Gasteiger partial charge on any atom is 0.123 e. The Morgan fingerprint density at radius 1 is 0.765 bits per heavy atom. The van der Waals surface area contributed by atoms with Crippen LogP contribution in [0.5, 0.6) is 17.2 Å². The molecule has 2 rings (SSSR count). The van der Waals surface area contributed by atoms with Crippen LogP contribution >= 0.6 is 0 Å². The summed E-state index contributed by atoms with van der Waals surface area (Å²) in [5.74, 6) is 0.168. The molecule has 3 heteroatoms. The topological polar surface area (TPSA) is 60.7 Å². The van der Waals surface area contributed by atoms with E-state index in [4.69, 9.17) is 0 Å². The van der Waals surface area contributed by atoms with Crippen LogP contribution in [-0.2, 0) is 0 Å². The van der Waals surface area contributed by atoms with Gasteiger partial charge in [-0.1, -0.05) is 18.2 Å². The molecule has 0 saturated carbocycles. The van der Waals surface area contributed by atoms with Crippen molar-refractivity contribution in [3.8, 4) is 28.4 Å². The Morgan fingerprint density at radius 3 is 1.82 bits per heavy atom. The molecule has 0 radical (unpaired) electrons. The molecular formula is C14H14O3. The Kier molecular flexibility index (Phi) is 2.68. The lowest BCUT2D eigenvalue weighted by molar-refractivity contribution is 0.445. The number of benzene rings is 2. The van der Waals surface area contributed by atoms with Gasteiger partial charge in [0.2, 0.25) is 0 Å². The van der Waals surface area contributed by atoms with Crippen LogP contribution in [0.2, 0.25) is 0 Å². The maximum absolute atomic E-state index is 9.83. The molecule has 3 nitrogen and oxygen atoms in total. The Labute approximate surface area is 99.6 Å². The van der Waals surface area contributed by atoms with Gasteiger partial charge < -0.3 is 15.3 Å². The summed E-state index contributed by atoms with van der Waals surface area (Å²) < 4.78 is 0. The second kappa shape index (κ2) is 4.01. The summed E-state index contributed by atoms with van der Waals surface area (Å²) in [6.07, 6.45) is 0. The first-order valence-corrected chi connectivity index (χ1v) is 5.33. The fourth-order valence-corrected chi connectivity index (χ4v) is 1.97. The Hall–Kier alpha value is -2.16. The van der Waals surface area contributed by atoms with Crippen molar-refractivity contribution in [3.63, 3.8) is 0 Å². The fourth-order valence-electron chi connectivity index (χ4n) is 1.97. The first-order chi connectivity index (χ1) is 8.02. The van der Waals surface area contributed by atoms with Crippen LogP contribution in [0.25, 0.3) is 11.1 Å². The monoisotopic (exact) mass is 230 g/mol. The highest BCUT2D eigenvalue weighted by atomic mass is 16.3. The third-order valence-electron chi connectivity index (χ3n) is 2.97. The van der Waals surface area contributed by atoms with Crippen molar-refractivity contribution in [2.24, 2.45) is 0 Å². The fraction of sp³-hybridized carbons (Fsp3) is 0.143. The molecule has 0 aliphatic rings. The number of para-hydroxylation sites is 1. The van der Waals surface area contributed by atoms with Gasteiger partial charge in [-0.3, -0.25) is 0 Å². The van der Waals surface area contributed by atoms with E-state index < -0.39 is 0 Å². The average Bonchev–Trinajstić information content (AvgIpc) is 2.29. The second-order valence-electron chi connectivity index (χ2n) is 4.06. The minimum atomic E-state index is 0.0198. The van der Waals surface area contributed by atoms with Crippen molar-refractivity contribution in [1.29, 1.82) is 0 Å². The Morgan fingerprint density at radius 2 is 1.29 bits per heavy atom. The number of hydrogen-bond donors (Lipinski definition) is 3. The van der Waals surface area contributed by atoms with Crippen LogP contribution in [0.15, 0.2) is 30.3 Å². The maximum atomic E-state index is 9.83. The standard InChI is InChI=1S/C14H14O3/c1-8-12(16)7-13(17)9(2)14(8)10-5-3-4-6-11(10)15/h3-7,15-17H,1-2H3. The van der Waals surface area contributed by atoms with Crippen molar-refractivity contribution >= 4 is 0 Å². The van der Waals surface area contributed by atoms with Gasteiger partial charge in [0, 0.05) is 11.6 Å². The third-order valence-corrected chi connectivity index (χ3v) is 2.97. The molecule has 0 heterocycles. The third kappa shape index (κ3) is 1.80. The summed E-state index contributed by atoms with van der Waals surface area (Å²) in [5.41, 5.74) is 2.55. The van der Waals surface area contributed by atoms with E-state index in [1.165, 1.54) is 6.07 Å². The van der Waals surface area contributed by atoms with Gasteiger partial charge in [0.25, 0.3) is 0 Å². The summed E-state index contributed by atoms with van der Waals surface area (Å²) in [7, 11) is 0. The zero-order chi connectivity index (χ0) is 12.6. The molecule has 2 aromatic rings. The van der Waals surface area contributed by atoms with Crippen LogP contribution in [0.4, 0.5) is 0 Å². The van der Waals surface area contributed by atoms with E-state index >= 15 is 0 Å². The molecule has 0 unspecified atom stereocenters. The molecular weight excluding hydrogens is 216 g/mol. The number of rotatable bonds is 1. The van der Waals surface area contributed by atoms with Crippen molar-refractivity contribution < 1.29 is 15.3 Å². The summed E-state index contributed by atoms with van der Waals surface area (Å²) >= 11 is 0. The van der Waals surface area contributed by atoms with E-state index in [1.54, 1.807) is 38.1 Å². The largest absolute Gasteiger partial charge is 0.508 e. The van der Waals surface area contributed by atoms with Gasteiger partial charge in [0.05, 0.1) is 0 Å². The SMILES string of the molecule is Cc1c(O)cc(O)c(C)c1-c1ccccc1O. The van der Waals surface area contributed by atoms with Crippen LogP contribution < -0.4 is 0 Å². The van der Waals surface area contributed by atoms with Gasteiger partial charge in [-0.05, 0) is 36.6 Å². The minimum absolute atomic E-state index is 0.0198. The molecule has 3 N–H and O–H groups in total. The first-order valence-electron chi connectivity index (χ1n) is 5.33. The smallest absolute Gasteiger partial charge is 0.123 e. The molecule has 0 aliphatic heterocycles. The van der Waals surface area contributed by atoms with E-state index in [0.29, 0.717) is 22.3 Å². The van der Waals surface area contributed by atoms with Crippen molar-refractivity contribution in [1.82, 2.24) is 0 Å². The van der Waals surface area contributed by atoms with Crippen LogP contribution in [0.1, 0.15) is 11.1 Å². The molecule has 0 spiro atoms. The summed E-state index contributed by atoms with van der Waals surface area (Å²) in [6, 6.07) is 8.17. The lowest BCUT2D eigenvalue weighted by Crippen LogP contribution is -1.90. The molecule has 0 saturated heterocycles. The summed E-state index contributed by atoms with van der Waals surface area (Å²) in [6.45, 7) is 3.51. The lowest BCUT2D eigenvalue weighted by Gasteiger charge is -2.14. The Bertz CT molecular complexity index is 548. The van der Waals surface area contributed by atoms with E-state index in [-0.39, 0.29) is 17.2 Å². The quantitative estimate of drug-likeness (QED) is 0.705. The number of phenols is 3. The van der Waals surface area contributed by atoms with E-state index in [9.17, 15) is 15.3 Å². The number of hydrogen-bond acceptors (Lipinski definition) is 3. The minimum Gasteiger partial charge on any atom is -0.508 e. The summed E-state index contributed by atoms with van der Waals surface area (Å²) in [4.78, 5) is 0. The van der Waals surface area contributed by atoms with Crippen LogP contribution in [-0.4, -0.2) is 15.3 Å². The molecule has 0 bridgehead atoms. The number of phenolic OH excluding ortho intramolecular Hbond substituents is 3. The van der Waals surface area contributed by atoms with Crippen molar-refractivity contribution in [2.45, 2.75) is 13.8 Å². The van der Waals surface area contributed by atoms with Gasteiger partial charge in [-0.15, -0.1) is 0 Å². The molecule has 0 atom stereocenters. The zero-order valence-corrected chi connectivity index (χ0v) is 9.73. The first kappa shape index (κ1) is 11.3. The van der Waals surface area contributed by atoms with E-state index in [2.05, 4.69) is 0 Å². The van der Waals surface area contributed by atoms with E-state index in [1.807, 2.05) is 0 Å². The summed E-state index contributed by atoms with van der Waals surface area (Å²) in [5, 5.41) is 29.3. The molecule has 17 heavy (non-hydrogen) atoms. The highest BCUT2D eigenvalue weighted by Crippen LogP contribution is 2.40. The van der Waals surface area contributed by atoms with E-state index in [0.717, 1.165) is 0 Å². The lowest BCUT2D eigenvalue weighted by atomic mass is 9.94. The molecule has 2 aromatic carbocycles. The molecule has 88 valence electrons. The number of aromatic hydroxyl groups is 3. The second-order valence-corrected chi connectivity index (χ2v) is 4.06. The highest BCUT2D eigenvalue weighted by molar-refractivity contribution is 5.79. The predicted molar refractivity (Wildman–Crippen MR) is 66.3 cm³/mol. The molecule has 0 aliphatic carbocycles. The molecule has 0 fully saturated rings. The average molecular weight is 230 g/mol. The predicted octanol–water partition coefficient (Wildman–Crippen LogP) is 3.09. The van der Waals surface area contributed by atoms with Crippen LogP contribution in [0.3, 0.4) is 0 Å². The van der Waals surface area contributed by atoms with Gasteiger partial charge in [-0.25, -0.2) is 0 Å². The molecule has 0 aromatic heterocycles. The Balaban J connectivity index is 2.80. The van der Waals surface area contributed by atoms with Gasteiger partial charge in [0.1, 0.15) is 17.2 Å². The van der Waals surface area contributed by atoms with Crippen molar-refractivity contribution in [2.75, 3.05) is 0 Å². The molecule has 0 amide bonds. The van der Waals surface area contributed by atoms with Crippen LogP contribution in [0, 0.1) is 13.8 Å². The van der Waals surface area contributed by atoms with Crippen molar-refractivity contribution in [3.05, 3.63) is 41.5 Å². The normalized spacial score (nSPS) is 10.5. The van der Waals surface area contributed by atoms with Gasteiger partial charge in [0.15, 0.2) is 0 Å².